The second kappa shape index (κ2) is 8.68. The molecular formula is C18H33N3O. The first-order valence-electron chi connectivity index (χ1n) is 9.05. The van der Waals surface area contributed by atoms with Gasteiger partial charge >= 0.3 is 0 Å². The van der Waals surface area contributed by atoms with E-state index in [2.05, 4.69) is 35.9 Å². The number of nitrogens with zero attached hydrogens (tertiary/aromatic N) is 2. The van der Waals surface area contributed by atoms with Crippen molar-refractivity contribution in [3.8, 4) is 0 Å². The van der Waals surface area contributed by atoms with Crippen LogP contribution in [0.4, 0.5) is 0 Å². The number of aromatic nitrogens is 2. The number of rotatable bonds is 8. The van der Waals surface area contributed by atoms with Crippen molar-refractivity contribution in [1.29, 1.82) is 0 Å². The van der Waals surface area contributed by atoms with Crippen LogP contribution in [0.2, 0.25) is 0 Å². The maximum absolute atomic E-state index is 10.00. The monoisotopic (exact) mass is 307 g/mol. The molecule has 0 aromatic carbocycles. The Kier molecular flexibility index (Phi) is 6.90. The third-order valence-corrected chi connectivity index (χ3v) is 5.07. The molecule has 0 aliphatic heterocycles. The number of aliphatic hydroxyl groups excluding tert-OH is 1. The Morgan fingerprint density at radius 3 is 2.77 bits per heavy atom. The van der Waals surface area contributed by atoms with E-state index in [4.69, 9.17) is 0 Å². The highest BCUT2D eigenvalue weighted by Gasteiger charge is 2.22. The summed E-state index contributed by atoms with van der Waals surface area (Å²) < 4.78 is 2.13. The summed E-state index contributed by atoms with van der Waals surface area (Å²) in [6, 6.07) is 0. The molecule has 2 rings (SSSR count). The first kappa shape index (κ1) is 17.5. The molecule has 1 fully saturated rings. The summed E-state index contributed by atoms with van der Waals surface area (Å²) in [6.45, 7) is 9.41. The minimum absolute atomic E-state index is 0.0504. The van der Waals surface area contributed by atoms with Gasteiger partial charge in [0, 0.05) is 24.3 Å². The van der Waals surface area contributed by atoms with E-state index in [0.717, 1.165) is 51.0 Å². The standard InChI is InChI=1S/C18H33N3O/c1-4-12-21-15(3)17(14(2)20-21)13-19-11-7-9-16-8-5-6-10-18(16)22/h16,18-19,22H,4-13H2,1-3H3. The fraction of sp³-hybridized carbons (Fsp3) is 0.833. The van der Waals surface area contributed by atoms with Crippen molar-refractivity contribution >= 4 is 0 Å². The Bertz CT molecular complexity index is 455. The summed E-state index contributed by atoms with van der Waals surface area (Å²) in [7, 11) is 0. The predicted molar refractivity (Wildman–Crippen MR) is 90.9 cm³/mol. The minimum Gasteiger partial charge on any atom is -0.393 e. The summed E-state index contributed by atoms with van der Waals surface area (Å²) in [4.78, 5) is 0. The van der Waals surface area contributed by atoms with Gasteiger partial charge in [-0.15, -0.1) is 0 Å². The van der Waals surface area contributed by atoms with E-state index in [9.17, 15) is 5.11 Å². The van der Waals surface area contributed by atoms with Crippen LogP contribution in [0.25, 0.3) is 0 Å². The van der Waals surface area contributed by atoms with Crippen molar-refractivity contribution in [2.45, 2.75) is 84.9 Å². The van der Waals surface area contributed by atoms with Gasteiger partial charge in [-0.05, 0) is 58.4 Å². The first-order valence-corrected chi connectivity index (χ1v) is 9.05. The van der Waals surface area contributed by atoms with Crippen LogP contribution in [0.5, 0.6) is 0 Å². The lowest BCUT2D eigenvalue weighted by Gasteiger charge is -2.27. The van der Waals surface area contributed by atoms with Crippen molar-refractivity contribution in [2.24, 2.45) is 5.92 Å². The van der Waals surface area contributed by atoms with Crippen molar-refractivity contribution in [1.82, 2.24) is 15.1 Å². The smallest absolute Gasteiger partial charge is 0.0641 e. The van der Waals surface area contributed by atoms with Gasteiger partial charge in [0.25, 0.3) is 0 Å². The molecule has 0 saturated heterocycles. The molecular weight excluding hydrogens is 274 g/mol. The molecule has 2 unspecified atom stereocenters. The molecule has 126 valence electrons. The number of hydrogen-bond acceptors (Lipinski definition) is 3. The Labute approximate surface area is 135 Å². The predicted octanol–water partition coefficient (Wildman–Crippen LogP) is 3.33. The van der Waals surface area contributed by atoms with Gasteiger partial charge in [0.05, 0.1) is 11.8 Å². The van der Waals surface area contributed by atoms with Gasteiger partial charge in [-0.25, -0.2) is 0 Å². The van der Waals surface area contributed by atoms with E-state index >= 15 is 0 Å². The summed E-state index contributed by atoms with van der Waals surface area (Å²) >= 11 is 0. The number of aliphatic hydroxyl groups is 1. The van der Waals surface area contributed by atoms with Gasteiger partial charge < -0.3 is 10.4 Å². The maximum atomic E-state index is 10.00. The topological polar surface area (TPSA) is 50.1 Å². The Morgan fingerprint density at radius 1 is 1.27 bits per heavy atom. The molecule has 2 N–H and O–H groups in total. The Hall–Kier alpha value is -0.870. The van der Waals surface area contributed by atoms with E-state index < -0.39 is 0 Å². The van der Waals surface area contributed by atoms with Gasteiger partial charge in [0.2, 0.25) is 0 Å². The quantitative estimate of drug-likeness (QED) is 0.724. The Balaban J connectivity index is 1.70. The average molecular weight is 307 g/mol. The van der Waals surface area contributed by atoms with E-state index in [1.54, 1.807) is 0 Å². The normalized spacial score (nSPS) is 22.2. The van der Waals surface area contributed by atoms with Gasteiger partial charge in [-0.1, -0.05) is 19.8 Å². The van der Waals surface area contributed by atoms with Gasteiger partial charge in [-0.3, -0.25) is 4.68 Å². The molecule has 1 aromatic rings. The molecule has 4 nitrogen and oxygen atoms in total. The van der Waals surface area contributed by atoms with Gasteiger partial charge in [0.15, 0.2) is 0 Å². The molecule has 0 spiro atoms. The number of nitrogens with one attached hydrogen (secondary N) is 1. The lowest BCUT2D eigenvalue weighted by Crippen LogP contribution is -2.25. The molecule has 1 aliphatic carbocycles. The molecule has 1 aliphatic rings. The molecule has 0 bridgehead atoms. The fourth-order valence-electron chi connectivity index (χ4n) is 3.65. The summed E-state index contributed by atoms with van der Waals surface area (Å²) in [5.41, 5.74) is 3.81. The van der Waals surface area contributed by atoms with Crippen LogP contribution in [-0.4, -0.2) is 27.5 Å². The molecule has 0 amide bonds. The van der Waals surface area contributed by atoms with E-state index in [1.807, 2.05) is 0 Å². The second-order valence-electron chi connectivity index (χ2n) is 6.80. The molecule has 22 heavy (non-hydrogen) atoms. The summed E-state index contributed by atoms with van der Waals surface area (Å²) in [5.74, 6) is 0.534. The van der Waals surface area contributed by atoms with Crippen LogP contribution in [0.15, 0.2) is 0 Å². The zero-order chi connectivity index (χ0) is 15.9. The third kappa shape index (κ3) is 4.56. The van der Waals surface area contributed by atoms with Crippen LogP contribution in [-0.2, 0) is 13.1 Å². The fourth-order valence-corrected chi connectivity index (χ4v) is 3.65. The van der Waals surface area contributed by atoms with Crippen molar-refractivity contribution in [3.05, 3.63) is 17.0 Å². The van der Waals surface area contributed by atoms with E-state index in [1.165, 1.54) is 30.5 Å². The molecule has 0 radical (unpaired) electrons. The summed E-state index contributed by atoms with van der Waals surface area (Å²) in [6.07, 6.45) is 8.10. The molecule has 1 heterocycles. The molecule has 1 aromatic heterocycles. The van der Waals surface area contributed by atoms with Crippen molar-refractivity contribution in [2.75, 3.05) is 6.54 Å². The van der Waals surface area contributed by atoms with Gasteiger partial charge in [0.1, 0.15) is 0 Å². The average Bonchev–Trinajstić information content (AvgIpc) is 2.76. The highest BCUT2D eigenvalue weighted by atomic mass is 16.3. The zero-order valence-corrected chi connectivity index (χ0v) is 14.6. The van der Waals surface area contributed by atoms with Crippen molar-refractivity contribution < 1.29 is 5.11 Å². The number of aryl methyl sites for hydroxylation is 2. The minimum atomic E-state index is -0.0504. The van der Waals surface area contributed by atoms with Crippen LogP contribution < -0.4 is 5.32 Å². The zero-order valence-electron chi connectivity index (χ0n) is 14.6. The Morgan fingerprint density at radius 2 is 2.05 bits per heavy atom. The molecule has 4 heteroatoms. The van der Waals surface area contributed by atoms with Crippen LogP contribution in [0, 0.1) is 19.8 Å². The van der Waals surface area contributed by atoms with Crippen molar-refractivity contribution in [3.63, 3.8) is 0 Å². The lowest BCUT2D eigenvalue weighted by molar-refractivity contribution is 0.0643. The van der Waals surface area contributed by atoms with E-state index in [-0.39, 0.29) is 6.10 Å². The third-order valence-electron chi connectivity index (χ3n) is 5.07. The highest BCUT2D eigenvalue weighted by molar-refractivity contribution is 5.24. The van der Waals surface area contributed by atoms with Crippen LogP contribution in [0.1, 0.15) is 68.8 Å². The summed E-state index contributed by atoms with van der Waals surface area (Å²) in [5, 5.41) is 18.2. The second-order valence-corrected chi connectivity index (χ2v) is 6.80. The maximum Gasteiger partial charge on any atom is 0.0641 e. The van der Waals surface area contributed by atoms with Crippen LogP contribution >= 0.6 is 0 Å². The molecule has 2 atom stereocenters. The SMILES string of the molecule is CCCn1nc(C)c(CNCCCC2CCCCC2O)c1C. The van der Waals surface area contributed by atoms with Gasteiger partial charge in [-0.2, -0.15) is 5.10 Å². The first-order chi connectivity index (χ1) is 10.6. The number of hydrogen-bond donors (Lipinski definition) is 2. The van der Waals surface area contributed by atoms with Crippen LogP contribution in [0.3, 0.4) is 0 Å². The largest absolute Gasteiger partial charge is 0.393 e. The molecule has 1 saturated carbocycles. The van der Waals surface area contributed by atoms with E-state index in [0.29, 0.717) is 5.92 Å². The highest BCUT2D eigenvalue weighted by Crippen LogP contribution is 2.27. The lowest BCUT2D eigenvalue weighted by atomic mass is 9.83.